The van der Waals surface area contributed by atoms with Crippen molar-refractivity contribution >= 4 is 0 Å². The van der Waals surface area contributed by atoms with Crippen LogP contribution in [0.5, 0.6) is 0 Å². The molecular formula is C4H5F. The molecule has 0 unspecified atom stereocenters. The number of hydrogen-bond donors (Lipinski definition) is 0. The average Bonchev–Trinajstić information content (AvgIpc) is 2.12. The second-order valence-corrected chi connectivity index (χ2v) is 1.38. The third-order valence-corrected chi connectivity index (χ3v) is 0.732. The topological polar surface area (TPSA) is 0 Å². The van der Waals surface area contributed by atoms with Crippen molar-refractivity contribution in [1.29, 1.82) is 0 Å². The van der Waals surface area contributed by atoms with Gasteiger partial charge in [-0.2, -0.15) is 0 Å². The maximum Gasteiger partial charge on any atom is 0.188 e. The summed E-state index contributed by atoms with van der Waals surface area (Å²) in [6.45, 7) is 1.64. The van der Waals surface area contributed by atoms with E-state index in [-0.39, 0.29) is 5.92 Å². The summed E-state index contributed by atoms with van der Waals surface area (Å²) < 4.78 is 10.9. The maximum atomic E-state index is 10.9. The van der Waals surface area contributed by atoms with Crippen LogP contribution in [-0.2, 0) is 0 Å². The smallest absolute Gasteiger partial charge is 0.188 e. The first-order valence-corrected chi connectivity index (χ1v) is 1.79. The molecule has 0 N–H and O–H groups in total. The molecule has 0 bridgehead atoms. The van der Waals surface area contributed by atoms with Crippen molar-refractivity contribution in [3.05, 3.63) is 6.67 Å². The molecule has 0 saturated heterocycles. The second-order valence-electron chi connectivity index (χ2n) is 1.38. The van der Waals surface area contributed by atoms with Gasteiger partial charge in [0.15, 0.2) is 6.67 Å². The van der Waals surface area contributed by atoms with Crippen molar-refractivity contribution in [2.45, 2.75) is 12.8 Å². The van der Waals surface area contributed by atoms with Crippen LogP contribution in [0.3, 0.4) is 0 Å². The van der Waals surface area contributed by atoms with Crippen LogP contribution in [-0.4, -0.2) is 0 Å². The van der Waals surface area contributed by atoms with Crippen LogP contribution in [0.15, 0.2) is 0 Å². The summed E-state index contributed by atoms with van der Waals surface area (Å²) >= 11 is 0. The standard InChI is InChI=1S/C4H5F/c5-3-4-1-2-4/h4H,1-2H2. The van der Waals surface area contributed by atoms with Crippen LogP contribution in [0, 0.1) is 12.6 Å². The third kappa shape index (κ3) is 0.602. The van der Waals surface area contributed by atoms with Gasteiger partial charge in [-0.25, -0.2) is 4.39 Å². The highest BCUT2D eigenvalue weighted by atomic mass is 19.1. The lowest BCUT2D eigenvalue weighted by Crippen LogP contribution is -1.59. The van der Waals surface area contributed by atoms with Crippen LogP contribution in [0.2, 0.25) is 0 Å². The van der Waals surface area contributed by atoms with Crippen LogP contribution in [0.25, 0.3) is 0 Å². The third-order valence-electron chi connectivity index (χ3n) is 0.732. The fraction of sp³-hybridized carbons (Fsp3) is 0.750. The summed E-state index contributed by atoms with van der Waals surface area (Å²) in [6, 6.07) is 0. The van der Waals surface area contributed by atoms with E-state index >= 15 is 0 Å². The van der Waals surface area contributed by atoms with Crippen molar-refractivity contribution in [3.63, 3.8) is 0 Å². The lowest BCUT2D eigenvalue weighted by Gasteiger charge is -1.65. The first-order valence-electron chi connectivity index (χ1n) is 1.79. The molecule has 0 atom stereocenters. The molecule has 0 aromatic carbocycles. The summed E-state index contributed by atoms with van der Waals surface area (Å²) in [5.74, 6) is 0.218. The van der Waals surface area contributed by atoms with Crippen molar-refractivity contribution in [2.75, 3.05) is 0 Å². The Balaban J connectivity index is 2.00. The molecule has 1 aliphatic carbocycles. The predicted octanol–water partition coefficient (Wildman–Crippen LogP) is 1.40. The molecule has 1 aliphatic rings. The molecule has 0 aromatic heterocycles. The summed E-state index contributed by atoms with van der Waals surface area (Å²) in [5, 5.41) is 0. The van der Waals surface area contributed by atoms with Crippen LogP contribution in [0.1, 0.15) is 12.8 Å². The highest BCUT2D eigenvalue weighted by Crippen LogP contribution is 2.31. The fourth-order valence-electron chi connectivity index (χ4n) is 0.192. The van der Waals surface area contributed by atoms with E-state index in [1.165, 1.54) is 0 Å². The molecule has 0 nitrogen and oxygen atoms in total. The van der Waals surface area contributed by atoms with E-state index in [1.807, 2.05) is 0 Å². The minimum absolute atomic E-state index is 0.218. The molecule has 2 radical (unpaired) electrons. The fourth-order valence-corrected chi connectivity index (χ4v) is 0.192. The quantitative estimate of drug-likeness (QED) is 0.439. The Bertz CT molecular complexity index is 30.6. The van der Waals surface area contributed by atoms with Gasteiger partial charge in [0.2, 0.25) is 0 Å². The molecule has 0 aromatic rings. The lowest BCUT2D eigenvalue weighted by molar-refractivity contribution is 0.564. The average molecular weight is 72.1 g/mol. The molecule has 0 aliphatic heterocycles. The van der Waals surface area contributed by atoms with E-state index in [2.05, 4.69) is 0 Å². The monoisotopic (exact) mass is 72.0 g/mol. The van der Waals surface area contributed by atoms with Gasteiger partial charge in [-0.3, -0.25) is 0 Å². The van der Waals surface area contributed by atoms with Gasteiger partial charge in [0, 0.05) is 0 Å². The molecule has 1 rings (SSSR count). The lowest BCUT2D eigenvalue weighted by atomic mass is 10.5. The van der Waals surface area contributed by atoms with Crippen molar-refractivity contribution in [3.8, 4) is 0 Å². The van der Waals surface area contributed by atoms with Crippen LogP contribution >= 0.6 is 0 Å². The van der Waals surface area contributed by atoms with Crippen LogP contribution < -0.4 is 0 Å². The Labute approximate surface area is 31.0 Å². The molecule has 1 saturated carbocycles. The molecular weight excluding hydrogens is 67.0 g/mol. The van der Waals surface area contributed by atoms with E-state index in [1.54, 1.807) is 6.67 Å². The minimum atomic E-state index is 0.218. The van der Waals surface area contributed by atoms with Crippen molar-refractivity contribution in [1.82, 2.24) is 0 Å². The maximum absolute atomic E-state index is 10.9. The summed E-state index contributed by atoms with van der Waals surface area (Å²) in [6.07, 6.45) is 2.05. The zero-order valence-corrected chi connectivity index (χ0v) is 2.87. The Hall–Kier alpha value is -0.0700. The van der Waals surface area contributed by atoms with E-state index in [4.69, 9.17) is 0 Å². The van der Waals surface area contributed by atoms with Gasteiger partial charge in [0.1, 0.15) is 0 Å². The van der Waals surface area contributed by atoms with Gasteiger partial charge in [-0.1, -0.05) is 0 Å². The van der Waals surface area contributed by atoms with Gasteiger partial charge in [-0.05, 0) is 18.8 Å². The number of rotatable bonds is 1. The van der Waals surface area contributed by atoms with Gasteiger partial charge in [-0.15, -0.1) is 0 Å². The highest BCUT2D eigenvalue weighted by molar-refractivity contribution is 4.78. The number of hydrogen-bond acceptors (Lipinski definition) is 0. The van der Waals surface area contributed by atoms with Gasteiger partial charge in [0.25, 0.3) is 0 Å². The first-order chi connectivity index (χ1) is 2.43. The van der Waals surface area contributed by atoms with E-state index in [9.17, 15) is 4.39 Å². The van der Waals surface area contributed by atoms with E-state index < -0.39 is 0 Å². The van der Waals surface area contributed by atoms with E-state index in [0.29, 0.717) is 0 Å². The molecule has 0 spiro atoms. The predicted molar refractivity (Wildman–Crippen MR) is 17.1 cm³/mol. The summed E-state index contributed by atoms with van der Waals surface area (Å²) in [4.78, 5) is 0. The highest BCUT2D eigenvalue weighted by Gasteiger charge is 2.21. The van der Waals surface area contributed by atoms with Crippen molar-refractivity contribution < 1.29 is 4.39 Å². The van der Waals surface area contributed by atoms with Crippen molar-refractivity contribution in [2.24, 2.45) is 5.92 Å². The molecule has 5 heavy (non-hydrogen) atoms. The summed E-state index contributed by atoms with van der Waals surface area (Å²) in [5.41, 5.74) is 0. The van der Waals surface area contributed by atoms with Gasteiger partial charge in [0.05, 0.1) is 0 Å². The Morgan fingerprint density at radius 2 is 2.20 bits per heavy atom. The molecule has 0 amide bonds. The zero-order chi connectivity index (χ0) is 3.70. The zero-order valence-electron chi connectivity index (χ0n) is 2.87. The molecule has 0 heterocycles. The number of halogens is 1. The van der Waals surface area contributed by atoms with Gasteiger partial charge < -0.3 is 0 Å². The largest absolute Gasteiger partial charge is 0.236 e. The molecule has 1 fully saturated rings. The normalized spacial score (nSPS) is 23.4. The Morgan fingerprint density at radius 1 is 1.60 bits per heavy atom. The first kappa shape index (κ1) is 3.13. The second kappa shape index (κ2) is 0.959. The van der Waals surface area contributed by atoms with E-state index in [0.717, 1.165) is 12.8 Å². The minimum Gasteiger partial charge on any atom is -0.236 e. The molecule has 1 heteroatoms. The Kier molecular flexibility index (Phi) is 0.601. The summed E-state index contributed by atoms with van der Waals surface area (Å²) in [7, 11) is 0. The molecule has 28 valence electrons. The van der Waals surface area contributed by atoms with Crippen LogP contribution in [0.4, 0.5) is 4.39 Å². The Morgan fingerprint density at radius 3 is 2.20 bits per heavy atom. The SMILES string of the molecule is F[C]C1CC1. The van der Waals surface area contributed by atoms with Gasteiger partial charge >= 0.3 is 0 Å².